The van der Waals surface area contributed by atoms with E-state index >= 15 is 0 Å². The summed E-state index contributed by atoms with van der Waals surface area (Å²) in [5, 5.41) is 0.676. The van der Waals surface area contributed by atoms with Crippen LogP contribution in [-0.2, 0) is 13.0 Å². The van der Waals surface area contributed by atoms with Crippen molar-refractivity contribution in [3.63, 3.8) is 0 Å². The van der Waals surface area contributed by atoms with Crippen molar-refractivity contribution < 1.29 is 4.79 Å². The second kappa shape index (κ2) is 4.95. The average Bonchev–Trinajstić information content (AvgIpc) is 2.95. The summed E-state index contributed by atoms with van der Waals surface area (Å²) >= 11 is 0. The summed E-state index contributed by atoms with van der Waals surface area (Å²) in [5.41, 5.74) is 2.39. The number of hydrogen-bond donors (Lipinski definition) is 0. The zero-order valence-corrected chi connectivity index (χ0v) is 12.7. The van der Waals surface area contributed by atoms with Crippen LogP contribution in [0.15, 0.2) is 29.2 Å². The number of nitrogens with zero attached hydrogens (tertiary/aromatic N) is 3. The van der Waals surface area contributed by atoms with Gasteiger partial charge in [-0.1, -0.05) is 12.1 Å². The predicted molar refractivity (Wildman–Crippen MR) is 85.3 cm³/mol. The lowest BCUT2D eigenvalue weighted by Crippen LogP contribution is -2.48. The maximum Gasteiger partial charge on any atom is 0.259 e. The van der Waals surface area contributed by atoms with Crippen molar-refractivity contribution in [3.8, 4) is 0 Å². The number of pyridine rings is 1. The molecule has 0 radical (unpaired) electrons. The molecule has 0 unspecified atom stereocenters. The van der Waals surface area contributed by atoms with Crippen LogP contribution in [0.25, 0.3) is 10.9 Å². The minimum atomic E-state index is -0.126. The van der Waals surface area contributed by atoms with Gasteiger partial charge in [0.25, 0.3) is 5.91 Å². The Morgan fingerprint density at radius 2 is 1.86 bits per heavy atom. The number of aryl methyl sites for hydroxylation is 2. The highest BCUT2D eigenvalue weighted by molar-refractivity contribution is 5.98. The largest absolute Gasteiger partial charge is 0.346 e. The van der Waals surface area contributed by atoms with E-state index in [2.05, 4.69) is 22.6 Å². The summed E-state index contributed by atoms with van der Waals surface area (Å²) in [4.78, 5) is 29.5. The fraction of sp³-hybridized carbons (Fsp3) is 0.412. The molecule has 0 N–H and O–H groups in total. The van der Waals surface area contributed by atoms with Crippen molar-refractivity contribution in [2.45, 2.75) is 13.0 Å². The number of carbonyl (C=O) groups excluding carboxylic acids is 1. The molecule has 0 bridgehead atoms. The standard InChI is InChI=1S/C17H19N3O2/c1-18-7-9-19(10-8-18)17(22)14-11-20-6-5-12-3-2-4-13(15(12)20)16(14)21/h2-4,11H,5-10H2,1H3. The molecule has 2 aliphatic heterocycles. The fourth-order valence-corrected chi connectivity index (χ4v) is 3.49. The highest BCUT2D eigenvalue weighted by Gasteiger charge is 2.25. The smallest absolute Gasteiger partial charge is 0.259 e. The minimum absolute atomic E-state index is 0.124. The van der Waals surface area contributed by atoms with Gasteiger partial charge in [-0.05, 0) is 25.1 Å². The molecule has 0 aliphatic carbocycles. The number of amides is 1. The molecule has 1 fully saturated rings. The van der Waals surface area contributed by atoms with Gasteiger partial charge in [-0.3, -0.25) is 9.59 Å². The summed E-state index contributed by atoms with van der Waals surface area (Å²) in [6.07, 6.45) is 2.70. The number of aromatic nitrogens is 1. The molecule has 0 saturated carbocycles. The quantitative estimate of drug-likeness (QED) is 0.787. The van der Waals surface area contributed by atoms with Crippen LogP contribution in [-0.4, -0.2) is 53.5 Å². The Bertz CT molecular complexity index is 816. The maximum absolute atomic E-state index is 12.8. The second-order valence-corrected chi connectivity index (χ2v) is 6.22. The molecule has 1 aromatic heterocycles. The molecule has 2 aromatic rings. The molecular weight excluding hydrogens is 278 g/mol. The van der Waals surface area contributed by atoms with E-state index in [-0.39, 0.29) is 11.3 Å². The van der Waals surface area contributed by atoms with E-state index in [1.165, 1.54) is 5.56 Å². The van der Waals surface area contributed by atoms with Gasteiger partial charge in [-0.2, -0.15) is 0 Å². The summed E-state index contributed by atoms with van der Waals surface area (Å²) in [6.45, 7) is 3.94. The van der Waals surface area contributed by atoms with Crippen molar-refractivity contribution in [2.24, 2.45) is 0 Å². The van der Waals surface area contributed by atoms with Gasteiger partial charge in [-0.15, -0.1) is 0 Å². The van der Waals surface area contributed by atoms with E-state index in [4.69, 9.17) is 0 Å². The van der Waals surface area contributed by atoms with Crippen LogP contribution in [0.4, 0.5) is 0 Å². The lowest BCUT2D eigenvalue weighted by Gasteiger charge is -2.32. The van der Waals surface area contributed by atoms with Crippen LogP contribution in [0.3, 0.4) is 0 Å². The van der Waals surface area contributed by atoms with Crippen LogP contribution in [0.5, 0.6) is 0 Å². The second-order valence-electron chi connectivity index (χ2n) is 6.22. The van der Waals surface area contributed by atoms with Crippen molar-refractivity contribution in [2.75, 3.05) is 33.2 Å². The predicted octanol–water partition coefficient (Wildman–Crippen LogP) is 0.945. The Kier molecular flexibility index (Phi) is 3.04. The summed E-state index contributed by atoms with van der Waals surface area (Å²) in [6, 6.07) is 5.82. The number of likely N-dealkylation sites (N-methyl/N-ethyl adjacent to an activating group) is 1. The van der Waals surface area contributed by atoms with Crippen molar-refractivity contribution >= 4 is 16.8 Å². The van der Waals surface area contributed by atoms with Crippen LogP contribution < -0.4 is 5.43 Å². The number of carbonyl (C=O) groups is 1. The molecule has 0 spiro atoms. The average molecular weight is 297 g/mol. The van der Waals surface area contributed by atoms with Crippen molar-refractivity contribution in [1.82, 2.24) is 14.4 Å². The first kappa shape index (κ1) is 13.5. The first-order valence-corrected chi connectivity index (χ1v) is 7.78. The van der Waals surface area contributed by atoms with Crippen molar-refractivity contribution in [3.05, 3.63) is 45.7 Å². The van der Waals surface area contributed by atoms with E-state index in [1.54, 1.807) is 11.1 Å². The van der Waals surface area contributed by atoms with Gasteiger partial charge in [0.2, 0.25) is 5.43 Å². The van der Waals surface area contributed by atoms with Gasteiger partial charge >= 0.3 is 0 Å². The third-order valence-electron chi connectivity index (χ3n) is 4.82. The van der Waals surface area contributed by atoms with Crippen molar-refractivity contribution in [1.29, 1.82) is 0 Å². The number of para-hydroxylation sites is 1. The highest BCUT2D eigenvalue weighted by atomic mass is 16.2. The Morgan fingerprint density at radius 1 is 1.09 bits per heavy atom. The van der Waals surface area contributed by atoms with Gasteiger partial charge in [-0.25, -0.2) is 0 Å². The third-order valence-corrected chi connectivity index (χ3v) is 4.82. The van der Waals surface area contributed by atoms with Crippen LogP contribution >= 0.6 is 0 Å². The molecule has 4 rings (SSSR count). The number of hydrogen-bond acceptors (Lipinski definition) is 3. The fourth-order valence-electron chi connectivity index (χ4n) is 3.49. The van der Waals surface area contributed by atoms with Gasteiger partial charge in [0, 0.05) is 44.3 Å². The third kappa shape index (κ3) is 1.96. The Hall–Kier alpha value is -2.14. The first-order chi connectivity index (χ1) is 10.6. The van der Waals surface area contributed by atoms with Gasteiger partial charge in [0.1, 0.15) is 5.56 Å². The molecule has 1 aromatic carbocycles. The number of rotatable bonds is 1. The summed E-state index contributed by atoms with van der Waals surface area (Å²) in [5.74, 6) is -0.124. The molecule has 5 heteroatoms. The van der Waals surface area contributed by atoms with E-state index in [9.17, 15) is 9.59 Å². The molecule has 22 heavy (non-hydrogen) atoms. The molecule has 2 aliphatic rings. The summed E-state index contributed by atoms with van der Waals surface area (Å²) < 4.78 is 2.06. The molecule has 114 valence electrons. The Labute approximate surface area is 128 Å². The zero-order chi connectivity index (χ0) is 15.3. The molecule has 0 atom stereocenters. The lowest BCUT2D eigenvalue weighted by molar-refractivity contribution is 0.0662. The van der Waals surface area contributed by atoms with E-state index in [1.807, 2.05) is 12.1 Å². The molecule has 1 amide bonds. The highest BCUT2D eigenvalue weighted by Crippen LogP contribution is 2.24. The monoisotopic (exact) mass is 297 g/mol. The SMILES string of the molecule is CN1CCN(C(=O)c2cn3c4c(cccc4c2=O)CC3)CC1. The van der Waals surface area contributed by atoms with E-state index in [0.29, 0.717) is 24.0 Å². The van der Waals surface area contributed by atoms with Gasteiger partial charge in [0.15, 0.2) is 0 Å². The summed E-state index contributed by atoms with van der Waals surface area (Å²) in [7, 11) is 2.05. The Balaban J connectivity index is 1.79. The normalized spacial score (nSPS) is 18.1. The van der Waals surface area contributed by atoms with E-state index < -0.39 is 0 Å². The van der Waals surface area contributed by atoms with Crippen LogP contribution in [0.2, 0.25) is 0 Å². The number of benzene rings is 1. The molecule has 3 heterocycles. The molecular formula is C17H19N3O2. The molecule has 1 saturated heterocycles. The van der Waals surface area contributed by atoms with Gasteiger partial charge in [0.05, 0.1) is 5.52 Å². The minimum Gasteiger partial charge on any atom is -0.346 e. The molecule has 5 nitrogen and oxygen atoms in total. The van der Waals surface area contributed by atoms with Gasteiger partial charge < -0.3 is 14.4 Å². The lowest BCUT2D eigenvalue weighted by atomic mass is 10.1. The number of piperazine rings is 1. The van der Waals surface area contributed by atoms with E-state index in [0.717, 1.165) is 31.6 Å². The first-order valence-electron chi connectivity index (χ1n) is 7.78. The van der Waals surface area contributed by atoms with Crippen LogP contribution in [0.1, 0.15) is 15.9 Å². The van der Waals surface area contributed by atoms with Crippen LogP contribution in [0, 0.1) is 0 Å². The Morgan fingerprint density at radius 3 is 2.64 bits per heavy atom. The maximum atomic E-state index is 12.8. The zero-order valence-electron chi connectivity index (χ0n) is 12.7. The topological polar surface area (TPSA) is 45.5 Å².